The molecule has 1 aliphatic rings. The second-order valence-corrected chi connectivity index (χ2v) is 9.23. The van der Waals surface area contributed by atoms with Crippen molar-refractivity contribution in [3.63, 3.8) is 0 Å². The SMILES string of the molecule is COc1ccc(N2C(=S)NC(c3ccccn3)C2c2cc(C)n(-c3ncccc3C)c2C)c(OC)c1. The molecule has 5 rings (SSSR count). The molecule has 0 saturated carbocycles. The molecular weight excluding hydrogens is 470 g/mol. The Hall–Kier alpha value is -3.91. The first kappa shape index (κ1) is 23.8. The molecule has 2 atom stereocenters. The molecule has 1 saturated heterocycles. The maximum atomic E-state index is 5.92. The lowest BCUT2D eigenvalue weighted by Gasteiger charge is -2.29. The lowest BCUT2D eigenvalue weighted by atomic mass is 9.96. The largest absolute Gasteiger partial charge is 0.497 e. The number of rotatable bonds is 6. The lowest BCUT2D eigenvalue weighted by molar-refractivity contribution is 0.394. The Kier molecular flexibility index (Phi) is 6.36. The Morgan fingerprint density at radius 3 is 2.42 bits per heavy atom. The van der Waals surface area contributed by atoms with Crippen molar-refractivity contribution in [3.8, 4) is 17.3 Å². The van der Waals surface area contributed by atoms with Crippen LogP contribution in [-0.2, 0) is 0 Å². The number of hydrogen-bond acceptors (Lipinski definition) is 5. The molecule has 184 valence electrons. The van der Waals surface area contributed by atoms with Gasteiger partial charge in [-0.2, -0.15) is 0 Å². The molecule has 3 aromatic heterocycles. The second kappa shape index (κ2) is 9.62. The predicted molar refractivity (Wildman–Crippen MR) is 145 cm³/mol. The molecule has 2 unspecified atom stereocenters. The smallest absolute Gasteiger partial charge is 0.174 e. The lowest BCUT2D eigenvalue weighted by Crippen LogP contribution is -2.30. The van der Waals surface area contributed by atoms with Gasteiger partial charge in [0, 0.05) is 29.8 Å². The number of methoxy groups -OCH3 is 2. The predicted octanol–water partition coefficient (Wildman–Crippen LogP) is 5.39. The van der Waals surface area contributed by atoms with Gasteiger partial charge in [0.1, 0.15) is 17.3 Å². The minimum absolute atomic E-state index is 0.163. The van der Waals surface area contributed by atoms with Crippen LogP contribution in [0.25, 0.3) is 5.82 Å². The van der Waals surface area contributed by atoms with Gasteiger partial charge in [0.05, 0.1) is 37.7 Å². The minimum Gasteiger partial charge on any atom is -0.497 e. The highest BCUT2D eigenvalue weighted by Gasteiger charge is 2.43. The van der Waals surface area contributed by atoms with Crippen LogP contribution in [0, 0.1) is 20.8 Å². The molecule has 4 aromatic rings. The number of anilines is 1. The van der Waals surface area contributed by atoms with E-state index in [0.717, 1.165) is 45.5 Å². The molecule has 36 heavy (non-hydrogen) atoms. The summed E-state index contributed by atoms with van der Waals surface area (Å²) in [5, 5.41) is 4.15. The van der Waals surface area contributed by atoms with Gasteiger partial charge in [0.25, 0.3) is 0 Å². The zero-order valence-corrected chi connectivity index (χ0v) is 21.8. The Bertz CT molecular complexity index is 1420. The molecule has 0 bridgehead atoms. The molecule has 0 spiro atoms. The molecule has 0 aliphatic carbocycles. The number of nitrogens with one attached hydrogen (secondary N) is 1. The number of pyridine rings is 2. The molecule has 1 aliphatic heterocycles. The molecule has 0 radical (unpaired) electrons. The van der Waals surface area contributed by atoms with E-state index in [2.05, 4.69) is 57.7 Å². The third kappa shape index (κ3) is 3.97. The maximum absolute atomic E-state index is 5.92. The minimum atomic E-state index is -0.168. The second-order valence-electron chi connectivity index (χ2n) is 8.84. The summed E-state index contributed by atoms with van der Waals surface area (Å²) >= 11 is 5.92. The van der Waals surface area contributed by atoms with Crippen molar-refractivity contribution in [1.82, 2.24) is 19.9 Å². The Morgan fingerprint density at radius 2 is 1.72 bits per heavy atom. The van der Waals surface area contributed by atoms with E-state index in [9.17, 15) is 0 Å². The van der Waals surface area contributed by atoms with Crippen molar-refractivity contribution in [3.05, 3.63) is 95.2 Å². The van der Waals surface area contributed by atoms with E-state index in [0.29, 0.717) is 10.9 Å². The monoisotopic (exact) mass is 499 g/mol. The van der Waals surface area contributed by atoms with Gasteiger partial charge in [-0.05, 0) is 80.5 Å². The van der Waals surface area contributed by atoms with Crippen molar-refractivity contribution in [1.29, 1.82) is 0 Å². The Labute approximate surface area is 216 Å². The highest BCUT2D eigenvalue weighted by molar-refractivity contribution is 7.80. The van der Waals surface area contributed by atoms with Crippen molar-refractivity contribution < 1.29 is 9.47 Å². The number of hydrogen-bond donors (Lipinski definition) is 1. The van der Waals surface area contributed by atoms with Crippen LogP contribution in [0.3, 0.4) is 0 Å². The number of aryl methyl sites for hydroxylation is 2. The number of ether oxygens (including phenoxy) is 2. The number of thiocarbonyl (C=S) groups is 1. The third-order valence-electron chi connectivity index (χ3n) is 6.73. The summed E-state index contributed by atoms with van der Waals surface area (Å²) in [6.07, 6.45) is 3.65. The van der Waals surface area contributed by atoms with Crippen LogP contribution in [0.2, 0.25) is 0 Å². The van der Waals surface area contributed by atoms with Gasteiger partial charge >= 0.3 is 0 Å². The van der Waals surface area contributed by atoms with E-state index >= 15 is 0 Å². The highest BCUT2D eigenvalue weighted by Crippen LogP contribution is 2.46. The first-order valence-electron chi connectivity index (χ1n) is 11.8. The van der Waals surface area contributed by atoms with Crippen molar-refractivity contribution in [2.45, 2.75) is 32.9 Å². The van der Waals surface area contributed by atoms with Crippen molar-refractivity contribution in [2.24, 2.45) is 0 Å². The number of nitrogens with zero attached hydrogens (tertiary/aromatic N) is 4. The zero-order valence-electron chi connectivity index (χ0n) is 21.0. The summed E-state index contributed by atoms with van der Waals surface area (Å²) in [5.41, 5.74) is 6.23. The zero-order chi connectivity index (χ0) is 25.4. The van der Waals surface area contributed by atoms with Gasteiger partial charge in [-0.15, -0.1) is 0 Å². The molecule has 8 heteroatoms. The highest BCUT2D eigenvalue weighted by atomic mass is 32.1. The third-order valence-corrected chi connectivity index (χ3v) is 7.04. The van der Waals surface area contributed by atoms with Crippen LogP contribution in [0.5, 0.6) is 11.5 Å². The van der Waals surface area contributed by atoms with E-state index in [1.54, 1.807) is 14.2 Å². The standard InChI is InChI=1S/C28H29N5O2S/c1-17-9-8-14-30-27(17)32-18(2)15-21(19(32)3)26-25(22-10-6-7-13-29-22)31-28(36)33(26)23-12-11-20(34-4)16-24(23)35-5/h6-16,25-26H,1-5H3,(H,31,36). The summed E-state index contributed by atoms with van der Waals surface area (Å²) < 4.78 is 13.4. The van der Waals surface area contributed by atoms with Crippen LogP contribution in [0.4, 0.5) is 5.69 Å². The van der Waals surface area contributed by atoms with Crippen molar-refractivity contribution >= 4 is 23.0 Å². The van der Waals surface area contributed by atoms with Crippen molar-refractivity contribution in [2.75, 3.05) is 19.1 Å². The number of aromatic nitrogens is 3. The van der Waals surface area contributed by atoms with Crippen LogP contribution >= 0.6 is 12.2 Å². The Balaban J connectivity index is 1.71. The summed E-state index contributed by atoms with van der Waals surface area (Å²) in [6.45, 7) is 6.33. The van der Waals surface area contributed by atoms with Gasteiger partial charge < -0.3 is 24.3 Å². The summed E-state index contributed by atoms with van der Waals surface area (Å²) in [5.74, 6) is 2.32. The number of benzene rings is 1. The molecule has 1 fully saturated rings. The fourth-order valence-corrected chi connectivity index (χ4v) is 5.38. The topological polar surface area (TPSA) is 64.4 Å². The summed E-state index contributed by atoms with van der Waals surface area (Å²) in [6, 6.07) is 17.7. The first-order valence-corrected chi connectivity index (χ1v) is 12.2. The van der Waals surface area contributed by atoms with Crippen LogP contribution in [-0.4, -0.2) is 33.9 Å². The van der Waals surface area contributed by atoms with Crippen LogP contribution in [0.1, 0.15) is 40.3 Å². The molecular formula is C28H29N5O2S. The maximum Gasteiger partial charge on any atom is 0.174 e. The molecule has 0 amide bonds. The van der Waals surface area contributed by atoms with Gasteiger partial charge in [-0.25, -0.2) is 4.98 Å². The van der Waals surface area contributed by atoms with Crippen LogP contribution < -0.4 is 19.7 Å². The van der Waals surface area contributed by atoms with Crippen LogP contribution in [0.15, 0.2) is 67.0 Å². The molecule has 1 N–H and O–H groups in total. The summed E-state index contributed by atoms with van der Waals surface area (Å²) in [4.78, 5) is 11.5. The quantitative estimate of drug-likeness (QED) is 0.357. The molecule has 4 heterocycles. The van der Waals surface area contributed by atoms with Gasteiger partial charge in [0.2, 0.25) is 0 Å². The Morgan fingerprint density at radius 1 is 0.917 bits per heavy atom. The van der Waals surface area contributed by atoms with Gasteiger partial charge in [-0.1, -0.05) is 12.1 Å². The fraction of sp³-hybridized carbons (Fsp3) is 0.250. The average molecular weight is 500 g/mol. The normalized spacial score (nSPS) is 17.2. The average Bonchev–Trinajstić information content (AvgIpc) is 3.39. The van der Waals surface area contributed by atoms with E-state index in [1.165, 1.54) is 0 Å². The fourth-order valence-electron chi connectivity index (χ4n) is 5.04. The van der Waals surface area contributed by atoms with E-state index in [1.807, 2.05) is 54.9 Å². The van der Waals surface area contributed by atoms with E-state index in [-0.39, 0.29) is 12.1 Å². The van der Waals surface area contributed by atoms with E-state index in [4.69, 9.17) is 21.7 Å². The van der Waals surface area contributed by atoms with Gasteiger partial charge in [0.15, 0.2) is 5.11 Å². The summed E-state index contributed by atoms with van der Waals surface area (Å²) in [7, 11) is 3.30. The molecule has 1 aromatic carbocycles. The van der Waals surface area contributed by atoms with Gasteiger partial charge in [-0.3, -0.25) is 4.98 Å². The first-order chi connectivity index (χ1) is 17.4. The molecule has 7 nitrogen and oxygen atoms in total. The van der Waals surface area contributed by atoms with E-state index < -0.39 is 0 Å².